The number of nitrogens with one attached hydrogen (secondary N) is 1. The molecule has 0 fully saturated rings. The van der Waals surface area contributed by atoms with E-state index in [1.165, 1.54) is 18.7 Å². The van der Waals surface area contributed by atoms with E-state index in [4.69, 9.17) is 16.3 Å². The van der Waals surface area contributed by atoms with E-state index in [9.17, 15) is 14.4 Å². The van der Waals surface area contributed by atoms with Crippen LogP contribution in [0.1, 0.15) is 12.8 Å². The van der Waals surface area contributed by atoms with Gasteiger partial charge in [0.15, 0.2) is 11.2 Å². The maximum atomic E-state index is 12.6. The van der Waals surface area contributed by atoms with Gasteiger partial charge in [-0.25, -0.2) is 4.79 Å². The van der Waals surface area contributed by atoms with Crippen LogP contribution in [-0.2, 0) is 25.4 Å². The molecule has 1 N–H and O–H groups in total. The quantitative estimate of drug-likeness (QED) is 0.670. The zero-order valence-electron chi connectivity index (χ0n) is 15.7. The Bertz CT molecular complexity index is 1160. The van der Waals surface area contributed by atoms with Gasteiger partial charge in [-0.05, 0) is 24.6 Å². The molecule has 10 heteroatoms. The van der Waals surface area contributed by atoms with Gasteiger partial charge in [0.1, 0.15) is 0 Å². The van der Waals surface area contributed by atoms with Crippen molar-refractivity contribution in [1.82, 2.24) is 18.7 Å². The molecule has 0 aliphatic heterocycles. The minimum absolute atomic E-state index is 0.175. The van der Waals surface area contributed by atoms with E-state index in [-0.39, 0.29) is 29.5 Å². The van der Waals surface area contributed by atoms with E-state index in [2.05, 4.69) is 10.3 Å². The topological polar surface area (TPSA) is 100 Å². The molecular weight excluding hydrogens is 386 g/mol. The number of aromatic nitrogens is 4. The molecule has 0 saturated carbocycles. The second-order valence-electron chi connectivity index (χ2n) is 6.29. The predicted octanol–water partition coefficient (Wildman–Crippen LogP) is 1.51. The van der Waals surface area contributed by atoms with Crippen LogP contribution in [-0.4, -0.2) is 31.7 Å². The summed E-state index contributed by atoms with van der Waals surface area (Å²) in [6.45, 7) is 0.329. The molecule has 0 atom stereocenters. The molecule has 0 radical (unpaired) electrons. The minimum atomic E-state index is -0.467. The molecule has 0 aliphatic carbocycles. The van der Waals surface area contributed by atoms with Crippen LogP contribution in [0.25, 0.3) is 11.2 Å². The van der Waals surface area contributed by atoms with Crippen molar-refractivity contribution in [2.24, 2.45) is 14.1 Å². The summed E-state index contributed by atoms with van der Waals surface area (Å²) in [7, 11) is 4.39. The van der Waals surface area contributed by atoms with E-state index in [0.29, 0.717) is 23.7 Å². The fourth-order valence-electron chi connectivity index (χ4n) is 2.98. The fourth-order valence-corrected chi connectivity index (χ4v) is 3.17. The van der Waals surface area contributed by atoms with E-state index < -0.39 is 11.2 Å². The molecule has 0 bridgehead atoms. The summed E-state index contributed by atoms with van der Waals surface area (Å²) in [5, 5.41) is 3.31. The van der Waals surface area contributed by atoms with Crippen LogP contribution in [0.4, 0.5) is 5.69 Å². The number of amides is 1. The second kappa shape index (κ2) is 7.89. The number of halogens is 1. The van der Waals surface area contributed by atoms with Crippen LogP contribution in [0.5, 0.6) is 6.01 Å². The van der Waals surface area contributed by atoms with Crippen molar-refractivity contribution >= 4 is 34.4 Å². The first kappa shape index (κ1) is 19.7. The van der Waals surface area contributed by atoms with Gasteiger partial charge in [0, 0.05) is 37.8 Å². The molecule has 0 spiro atoms. The molecule has 148 valence electrons. The Morgan fingerprint density at radius 2 is 2.00 bits per heavy atom. The number of carbonyl (C=O) groups excluding carboxylic acids is 1. The van der Waals surface area contributed by atoms with E-state index in [1.54, 1.807) is 35.9 Å². The van der Waals surface area contributed by atoms with Crippen molar-refractivity contribution in [3.8, 4) is 6.01 Å². The van der Waals surface area contributed by atoms with Crippen LogP contribution in [0.3, 0.4) is 0 Å². The van der Waals surface area contributed by atoms with Gasteiger partial charge in [0.25, 0.3) is 11.6 Å². The molecule has 1 amide bonds. The number of fused-ring (bicyclic) bond motifs is 1. The molecule has 3 aromatic rings. The van der Waals surface area contributed by atoms with Gasteiger partial charge in [0.2, 0.25) is 5.91 Å². The number of methoxy groups -OCH3 is 1. The number of hydrogen-bond donors (Lipinski definition) is 1. The predicted molar refractivity (Wildman–Crippen MR) is 106 cm³/mol. The van der Waals surface area contributed by atoms with Crippen molar-refractivity contribution in [3.05, 3.63) is 50.1 Å². The van der Waals surface area contributed by atoms with Gasteiger partial charge >= 0.3 is 5.69 Å². The number of nitrogens with zero attached hydrogens (tertiary/aromatic N) is 4. The lowest BCUT2D eigenvalue weighted by molar-refractivity contribution is -0.116. The van der Waals surface area contributed by atoms with Gasteiger partial charge in [-0.2, -0.15) is 4.98 Å². The van der Waals surface area contributed by atoms with Crippen molar-refractivity contribution < 1.29 is 9.53 Å². The summed E-state index contributed by atoms with van der Waals surface area (Å²) in [6, 6.07) is 7.10. The number of rotatable bonds is 6. The highest BCUT2D eigenvalue weighted by molar-refractivity contribution is 6.30. The van der Waals surface area contributed by atoms with Crippen molar-refractivity contribution in [2.45, 2.75) is 19.4 Å². The van der Waals surface area contributed by atoms with Gasteiger partial charge in [-0.15, -0.1) is 0 Å². The van der Waals surface area contributed by atoms with Crippen LogP contribution in [0.2, 0.25) is 5.02 Å². The summed E-state index contributed by atoms with van der Waals surface area (Å²) in [4.78, 5) is 41.1. The SMILES string of the molecule is COc1nc2c(c(=O)n(C)c(=O)n2C)n1CCCC(=O)Nc1cccc(Cl)c1. The zero-order chi connectivity index (χ0) is 20.4. The van der Waals surface area contributed by atoms with Gasteiger partial charge < -0.3 is 10.1 Å². The molecule has 2 heterocycles. The lowest BCUT2D eigenvalue weighted by atomic mass is 10.2. The van der Waals surface area contributed by atoms with Crippen molar-refractivity contribution in [1.29, 1.82) is 0 Å². The average Bonchev–Trinajstić information content (AvgIpc) is 3.03. The molecule has 0 aliphatic rings. The highest BCUT2D eigenvalue weighted by Gasteiger charge is 2.19. The Hall–Kier alpha value is -3.07. The molecule has 1 aromatic carbocycles. The summed E-state index contributed by atoms with van der Waals surface area (Å²) in [5.41, 5.74) is 0.194. The number of aryl methyl sites for hydroxylation is 2. The summed E-state index contributed by atoms with van der Waals surface area (Å²) >= 11 is 5.91. The van der Waals surface area contributed by atoms with Gasteiger partial charge in [-0.3, -0.25) is 23.3 Å². The van der Waals surface area contributed by atoms with Gasteiger partial charge in [0.05, 0.1) is 7.11 Å². The van der Waals surface area contributed by atoms with Gasteiger partial charge in [-0.1, -0.05) is 17.7 Å². The lowest BCUT2D eigenvalue weighted by Gasteiger charge is -2.09. The third kappa shape index (κ3) is 3.65. The third-order valence-corrected chi connectivity index (χ3v) is 4.62. The maximum Gasteiger partial charge on any atom is 0.332 e. The van der Waals surface area contributed by atoms with Crippen LogP contribution in [0, 0.1) is 0 Å². The smallest absolute Gasteiger partial charge is 0.332 e. The maximum absolute atomic E-state index is 12.6. The number of imidazole rings is 1. The summed E-state index contributed by atoms with van der Waals surface area (Å²) < 4.78 is 9.16. The van der Waals surface area contributed by atoms with Crippen LogP contribution < -0.4 is 21.3 Å². The normalized spacial score (nSPS) is 11.0. The first-order chi connectivity index (χ1) is 13.3. The van der Waals surface area contributed by atoms with Crippen LogP contribution in [0.15, 0.2) is 33.9 Å². The standard InChI is InChI=1S/C18H20ClN5O4/c1-22-15-14(16(26)23(2)18(22)27)24(17(21-15)28-3)9-5-8-13(25)20-12-7-4-6-11(19)10-12/h4,6-7,10H,5,8-9H2,1-3H3,(H,20,25). The monoisotopic (exact) mass is 405 g/mol. The first-order valence-electron chi connectivity index (χ1n) is 8.59. The third-order valence-electron chi connectivity index (χ3n) is 4.39. The summed E-state index contributed by atoms with van der Waals surface area (Å²) in [6.07, 6.45) is 0.668. The first-order valence-corrected chi connectivity index (χ1v) is 8.97. The molecular formula is C18H20ClN5O4. The molecule has 0 saturated heterocycles. The van der Waals surface area contributed by atoms with Crippen molar-refractivity contribution in [2.75, 3.05) is 12.4 Å². The average molecular weight is 406 g/mol. The molecule has 9 nitrogen and oxygen atoms in total. The number of hydrogen-bond acceptors (Lipinski definition) is 5. The minimum Gasteiger partial charge on any atom is -0.468 e. The van der Waals surface area contributed by atoms with Crippen LogP contribution >= 0.6 is 11.6 Å². The summed E-state index contributed by atoms with van der Waals surface area (Å²) in [5.74, 6) is -0.175. The molecule has 3 rings (SSSR count). The molecule has 2 aromatic heterocycles. The Balaban J connectivity index is 1.80. The van der Waals surface area contributed by atoms with Crippen molar-refractivity contribution in [3.63, 3.8) is 0 Å². The molecule has 28 heavy (non-hydrogen) atoms. The highest BCUT2D eigenvalue weighted by Crippen LogP contribution is 2.19. The van der Waals surface area contributed by atoms with E-state index >= 15 is 0 Å². The Labute approximate surface area is 165 Å². The number of ether oxygens (including phenoxy) is 1. The lowest BCUT2D eigenvalue weighted by Crippen LogP contribution is -2.37. The molecule has 0 unspecified atom stereocenters. The van der Waals surface area contributed by atoms with E-state index in [1.807, 2.05) is 0 Å². The number of carbonyl (C=O) groups is 1. The Kier molecular flexibility index (Phi) is 5.55. The second-order valence-corrected chi connectivity index (χ2v) is 6.73. The Morgan fingerprint density at radius 3 is 2.68 bits per heavy atom. The zero-order valence-corrected chi connectivity index (χ0v) is 16.5. The Morgan fingerprint density at radius 1 is 1.25 bits per heavy atom. The highest BCUT2D eigenvalue weighted by atomic mass is 35.5. The number of anilines is 1. The fraction of sp³-hybridized carbons (Fsp3) is 0.333. The van der Waals surface area contributed by atoms with E-state index in [0.717, 1.165) is 4.57 Å². The number of benzene rings is 1. The largest absolute Gasteiger partial charge is 0.468 e.